The van der Waals surface area contributed by atoms with Crippen LogP contribution in [0.25, 0.3) is 0 Å². The topological polar surface area (TPSA) is 49.3 Å². The third-order valence-electron chi connectivity index (χ3n) is 3.95. The Morgan fingerprint density at radius 3 is 2.88 bits per heavy atom. The molecule has 4 heteroatoms. The molecule has 0 saturated heterocycles. The van der Waals surface area contributed by atoms with Crippen LogP contribution in [0.15, 0.2) is 12.2 Å². The highest BCUT2D eigenvalue weighted by Gasteiger charge is 2.35. The summed E-state index contributed by atoms with van der Waals surface area (Å²) in [5.74, 6) is 2.31. The molecule has 2 aliphatic carbocycles. The minimum absolute atomic E-state index is 0.370. The van der Waals surface area contributed by atoms with E-state index >= 15 is 0 Å². The summed E-state index contributed by atoms with van der Waals surface area (Å²) in [6.45, 7) is 0.858. The molecule has 0 aromatic heterocycles. The number of carbonyl (C=O) groups is 1. The fourth-order valence-corrected chi connectivity index (χ4v) is 3.44. The van der Waals surface area contributed by atoms with Crippen molar-refractivity contribution in [1.82, 2.24) is 5.32 Å². The first-order valence-corrected chi connectivity index (χ1v) is 7.73. The smallest absolute Gasteiger partial charge is 0.320 e. The number of allylic oxidation sites excluding steroid dienone is 2. The first-order chi connectivity index (χ1) is 8.20. The maximum atomic E-state index is 11.1. The van der Waals surface area contributed by atoms with Gasteiger partial charge in [-0.25, -0.2) is 0 Å². The number of carboxylic acid groups (broad SMARTS) is 1. The van der Waals surface area contributed by atoms with Gasteiger partial charge in [0.2, 0.25) is 0 Å². The molecule has 2 rings (SSSR count). The van der Waals surface area contributed by atoms with E-state index in [2.05, 4.69) is 17.5 Å². The molecule has 0 aromatic carbocycles. The molecule has 0 aliphatic heterocycles. The van der Waals surface area contributed by atoms with Crippen LogP contribution in [0.1, 0.15) is 19.3 Å². The summed E-state index contributed by atoms with van der Waals surface area (Å²) < 4.78 is 0. The number of thioether (sulfide) groups is 1. The number of aliphatic carboxylic acids is 1. The molecular formula is C13H21NO2S. The summed E-state index contributed by atoms with van der Waals surface area (Å²) in [5, 5.41) is 12.4. The fraction of sp³-hybridized carbons (Fsp3) is 0.769. The van der Waals surface area contributed by atoms with Gasteiger partial charge in [-0.3, -0.25) is 4.79 Å². The molecule has 0 unspecified atom stereocenters. The highest BCUT2D eigenvalue weighted by Crippen LogP contribution is 2.42. The Bertz CT molecular complexity index is 306. The van der Waals surface area contributed by atoms with Crippen molar-refractivity contribution < 1.29 is 9.90 Å². The zero-order valence-electron chi connectivity index (χ0n) is 10.3. The van der Waals surface area contributed by atoms with Crippen LogP contribution in [-0.2, 0) is 4.79 Å². The lowest BCUT2D eigenvalue weighted by Gasteiger charge is -2.21. The number of rotatable bonds is 7. The van der Waals surface area contributed by atoms with E-state index in [1.54, 1.807) is 11.8 Å². The van der Waals surface area contributed by atoms with Gasteiger partial charge in [-0.1, -0.05) is 12.2 Å². The van der Waals surface area contributed by atoms with E-state index in [1.165, 1.54) is 12.8 Å². The molecule has 4 atom stereocenters. The Hall–Kier alpha value is -0.480. The summed E-state index contributed by atoms with van der Waals surface area (Å²) >= 11 is 1.70. The maximum Gasteiger partial charge on any atom is 0.320 e. The maximum absolute atomic E-state index is 11.1. The number of hydrogen-bond donors (Lipinski definition) is 2. The summed E-state index contributed by atoms with van der Waals surface area (Å²) in [5.41, 5.74) is 0. The van der Waals surface area contributed by atoms with E-state index in [0.717, 1.165) is 18.2 Å². The minimum Gasteiger partial charge on any atom is -0.480 e. The van der Waals surface area contributed by atoms with Crippen LogP contribution >= 0.6 is 11.8 Å². The standard InChI is InChI=1S/C13H21NO2S/c1-17-5-4-12(13(15)16)14-8-11-7-9-2-3-10(11)6-9/h2-3,9-12,14H,4-8H2,1H3,(H,15,16)/t9-,10-,11-,12-/m0/s1. The van der Waals surface area contributed by atoms with Crippen LogP contribution in [0.2, 0.25) is 0 Å². The SMILES string of the molecule is CSCC[C@H](NC[C@@H]1C[C@H]2C=C[C@H]1C2)C(=O)O. The largest absolute Gasteiger partial charge is 0.480 e. The first kappa shape index (κ1) is 13.0. The quantitative estimate of drug-likeness (QED) is 0.683. The molecule has 1 saturated carbocycles. The van der Waals surface area contributed by atoms with Crippen molar-refractivity contribution in [3.8, 4) is 0 Å². The van der Waals surface area contributed by atoms with Gasteiger partial charge in [0.1, 0.15) is 6.04 Å². The van der Waals surface area contributed by atoms with Crippen molar-refractivity contribution in [2.75, 3.05) is 18.6 Å². The Labute approximate surface area is 107 Å². The number of hydrogen-bond acceptors (Lipinski definition) is 3. The van der Waals surface area contributed by atoms with Crippen molar-refractivity contribution in [2.24, 2.45) is 17.8 Å². The van der Waals surface area contributed by atoms with Crippen molar-refractivity contribution in [3.63, 3.8) is 0 Å². The van der Waals surface area contributed by atoms with E-state index in [1.807, 2.05) is 6.26 Å². The molecule has 0 heterocycles. The Morgan fingerprint density at radius 2 is 2.35 bits per heavy atom. The van der Waals surface area contributed by atoms with E-state index in [4.69, 9.17) is 5.11 Å². The van der Waals surface area contributed by atoms with Crippen LogP contribution in [0.3, 0.4) is 0 Å². The second-order valence-electron chi connectivity index (χ2n) is 5.12. The van der Waals surface area contributed by atoms with Gasteiger partial charge < -0.3 is 10.4 Å². The third kappa shape index (κ3) is 3.26. The number of carboxylic acids is 1. The van der Waals surface area contributed by atoms with E-state index in [9.17, 15) is 4.79 Å². The number of fused-ring (bicyclic) bond motifs is 2. The summed E-state index contributed by atoms with van der Waals surface area (Å²) in [6.07, 6.45) is 9.90. The van der Waals surface area contributed by atoms with Crippen LogP contribution in [0.5, 0.6) is 0 Å². The lowest BCUT2D eigenvalue weighted by molar-refractivity contribution is -0.139. The second kappa shape index (κ2) is 5.91. The minimum atomic E-state index is -0.710. The fourth-order valence-electron chi connectivity index (χ4n) is 2.97. The predicted molar refractivity (Wildman–Crippen MR) is 71.3 cm³/mol. The highest BCUT2D eigenvalue weighted by molar-refractivity contribution is 7.98. The van der Waals surface area contributed by atoms with Crippen molar-refractivity contribution in [3.05, 3.63) is 12.2 Å². The lowest BCUT2D eigenvalue weighted by Crippen LogP contribution is -2.40. The van der Waals surface area contributed by atoms with Gasteiger partial charge in [0.15, 0.2) is 0 Å². The molecule has 96 valence electrons. The Kier molecular flexibility index (Phi) is 4.51. The molecule has 3 nitrogen and oxygen atoms in total. The van der Waals surface area contributed by atoms with Gasteiger partial charge in [-0.05, 0) is 55.6 Å². The van der Waals surface area contributed by atoms with Crippen LogP contribution in [0.4, 0.5) is 0 Å². The Balaban J connectivity index is 1.75. The molecular weight excluding hydrogens is 234 g/mol. The van der Waals surface area contributed by atoms with Crippen LogP contribution in [0, 0.1) is 17.8 Å². The monoisotopic (exact) mass is 255 g/mol. The number of nitrogens with one attached hydrogen (secondary N) is 1. The van der Waals surface area contributed by atoms with Crippen molar-refractivity contribution >= 4 is 17.7 Å². The van der Waals surface area contributed by atoms with Crippen LogP contribution < -0.4 is 5.32 Å². The molecule has 1 fully saturated rings. The second-order valence-corrected chi connectivity index (χ2v) is 6.11. The average molecular weight is 255 g/mol. The normalized spacial score (nSPS) is 31.9. The molecule has 2 N–H and O–H groups in total. The summed E-state index contributed by atoms with van der Waals surface area (Å²) in [7, 11) is 0. The van der Waals surface area contributed by atoms with Crippen molar-refractivity contribution in [1.29, 1.82) is 0 Å². The zero-order chi connectivity index (χ0) is 12.3. The van der Waals surface area contributed by atoms with Gasteiger partial charge in [-0.15, -0.1) is 0 Å². The van der Waals surface area contributed by atoms with Crippen molar-refractivity contribution in [2.45, 2.75) is 25.3 Å². The summed E-state index contributed by atoms with van der Waals surface area (Å²) in [4.78, 5) is 11.1. The zero-order valence-corrected chi connectivity index (χ0v) is 11.1. The highest BCUT2D eigenvalue weighted by atomic mass is 32.2. The third-order valence-corrected chi connectivity index (χ3v) is 4.60. The molecule has 0 aromatic rings. The predicted octanol–water partition coefficient (Wildman–Crippen LogP) is 1.99. The molecule has 0 spiro atoms. The molecule has 17 heavy (non-hydrogen) atoms. The van der Waals surface area contributed by atoms with E-state index < -0.39 is 5.97 Å². The van der Waals surface area contributed by atoms with E-state index in [0.29, 0.717) is 18.3 Å². The van der Waals surface area contributed by atoms with Gasteiger partial charge >= 0.3 is 5.97 Å². The molecule has 0 amide bonds. The lowest BCUT2D eigenvalue weighted by atomic mass is 9.93. The summed E-state index contributed by atoms with van der Waals surface area (Å²) in [6, 6.07) is -0.370. The van der Waals surface area contributed by atoms with Gasteiger partial charge in [0, 0.05) is 0 Å². The van der Waals surface area contributed by atoms with E-state index in [-0.39, 0.29) is 6.04 Å². The Morgan fingerprint density at radius 1 is 1.53 bits per heavy atom. The van der Waals surface area contributed by atoms with Gasteiger partial charge in [-0.2, -0.15) is 11.8 Å². The molecule has 0 radical (unpaired) electrons. The first-order valence-electron chi connectivity index (χ1n) is 6.34. The molecule has 2 aliphatic rings. The van der Waals surface area contributed by atoms with Gasteiger partial charge in [0.25, 0.3) is 0 Å². The molecule has 2 bridgehead atoms. The van der Waals surface area contributed by atoms with Gasteiger partial charge in [0.05, 0.1) is 0 Å². The average Bonchev–Trinajstić information content (AvgIpc) is 2.90. The van der Waals surface area contributed by atoms with Crippen LogP contribution in [-0.4, -0.2) is 35.7 Å².